The first-order valence-electron chi connectivity index (χ1n) is 7.71. The molecule has 0 aliphatic rings. The topological polar surface area (TPSA) is 79.2 Å². The van der Waals surface area contributed by atoms with Gasteiger partial charge in [0.2, 0.25) is 0 Å². The molecule has 0 radical (unpaired) electrons. The maximum Gasteiger partial charge on any atom is 0.255 e. The molecule has 2 aromatic rings. The standard InChI is InChI=1S/C19H18N2O3/c1-2-3-10-24-17-7-5-15(6-8-17)19(23)21-18-9-4-14(12-20)11-16(18)13-22/h4-9,11,13H,2-3,10H2,1H3,(H,21,23). The number of carbonyl (C=O) groups is 2. The van der Waals surface area contributed by atoms with Crippen LogP contribution in [0.15, 0.2) is 42.5 Å². The fraction of sp³-hybridized carbons (Fsp3) is 0.211. The second-order valence-electron chi connectivity index (χ2n) is 5.21. The minimum absolute atomic E-state index is 0.266. The Hall–Kier alpha value is -3.13. The minimum Gasteiger partial charge on any atom is -0.494 e. The molecule has 0 bridgehead atoms. The summed E-state index contributed by atoms with van der Waals surface area (Å²) in [5.74, 6) is 0.384. The Morgan fingerprint density at radius 1 is 1.25 bits per heavy atom. The summed E-state index contributed by atoms with van der Waals surface area (Å²) >= 11 is 0. The van der Waals surface area contributed by atoms with E-state index in [1.165, 1.54) is 6.07 Å². The number of benzene rings is 2. The quantitative estimate of drug-likeness (QED) is 0.621. The Morgan fingerprint density at radius 2 is 2.00 bits per heavy atom. The van der Waals surface area contributed by atoms with Gasteiger partial charge in [0.05, 0.1) is 23.9 Å². The molecule has 2 aromatic carbocycles. The largest absolute Gasteiger partial charge is 0.494 e. The number of nitrogens with zero attached hydrogens (tertiary/aromatic N) is 1. The third-order valence-corrected chi connectivity index (χ3v) is 3.44. The summed E-state index contributed by atoms with van der Waals surface area (Å²) < 4.78 is 5.55. The van der Waals surface area contributed by atoms with Gasteiger partial charge in [0.1, 0.15) is 5.75 Å². The van der Waals surface area contributed by atoms with E-state index in [4.69, 9.17) is 10.00 Å². The maximum absolute atomic E-state index is 12.3. The average molecular weight is 322 g/mol. The molecule has 0 spiro atoms. The summed E-state index contributed by atoms with van der Waals surface area (Å²) in [6, 6.07) is 13.3. The van der Waals surface area contributed by atoms with Gasteiger partial charge in [0, 0.05) is 11.1 Å². The smallest absolute Gasteiger partial charge is 0.255 e. The third kappa shape index (κ3) is 4.43. The molecule has 0 aliphatic heterocycles. The average Bonchev–Trinajstić information content (AvgIpc) is 2.62. The second-order valence-corrected chi connectivity index (χ2v) is 5.21. The Labute approximate surface area is 140 Å². The van der Waals surface area contributed by atoms with Crippen LogP contribution in [0, 0.1) is 11.3 Å². The number of amides is 1. The van der Waals surface area contributed by atoms with Gasteiger partial charge in [-0.2, -0.15) is 5.26 Å². The van der Waals surface area contributed by atoms with Crippen molar-refractivity contribution in [1.82, 2.24) is 0 Å². The van der Waals surface area contributed by atoms with Gasteiger partial charge in [-0.05, 0) is 48.9 Å². The summed E-state index contributed by atoms with van der Waals surface area (Å²) in [5, 5.41) is 11.5. The first kappa shape index (κ1) is 17.2. The van der Waals surface area contributed by atoms with Gasteiger partial charge in [-0.15, -0.1) is 0 Å². The van der Waals surface area contributed by atoms with E-state index in [0.717, 1.165) is 12.8 Å². The lowest BCUT2D eigenvalue weighted by Crippen LogP contribution is -2.13. The molecule has 0 aliphatic carbocycles. The molecule has 0 saturated carbocycles. The van der Waals surface area contributed by atoms with E-state index in [1.807, 2.05) is 6.07 Å². The van der Waals surface area contributed by atoms with Crippen LogP contribution in [0.1, 0.15) is 46.0 Å². The summed E-state index contributed by atoms with van der Waals surface area (Å²) in [5.41, 5.74) is 1.46. The normalized spacial score (nSPS) is 9.83. The van der Waals surface area contributed by atoms with Crippen LogP contribution in [-0.4, -0.2) is 18.8 Å². The van der Waals surface area contributed by atoms with Crippen LogP contribution in [0.5, 0.6) is 5.75 Å². The van der Waals surface area contributed by atoms with E-state index in [1.54, 1.807) is 36.4 Å². The van der Waals surface area contributed by atoms with Gasteiger partial charge in [-0.25, -0.2) is 0 Å². The monoisotopic (exact) mass is 322 g/mol. The van der Waals surface area contributed by atoms with Crippen molar-refractivity contribution in [2.45, 2.75) is 19.8 Å². The highest BCUT2D eigenvalue weighted by Crippen LogP contribution is 2.18. The highest BCUT2D eigenvalue weighted by molar-refractivity contribution is 6.06. The fourth-order valence-electron chi connectivity index (χ4n) is 2.07. The molecular formula is C19H18N2O3. The van der Waals surface area contributed by atoms with Crippen LogP contribution in [0.4, 0.5) is 5.69 Å². The molecule has 1 N–H and O–H groups in total. The molecule has 24 heavy (non-hydrogen) atoms. The molecule has 0 atom stereocenters. The molecule has 5 nitrogen and oxygen atoms in total. The second kappa shape index (κ2) is 8.49. The predicted octanol–water partition coefficient (Wildman–Crippen LogP) is 3.80. The van der Waals surface area contributed by atoms with Crippen LogP contribution < -0.4 is 10.1 Å². The number of hydrogen-bond acceptors (Lipinski definition) is 4. The lowest BCUT2D eigenvalue weighted by atomic mass is 10.1. The maximum atomic E-state index is 12.3. The van der Waals surface area contributed by atoms with Crippen molar-refractivity contribution >= 4 is 17.9 Å². The number of carbonyl (C=O) groups excluding carboxylic acids is 2. The number of aldehydes is 1. The number of unbranched alkanes of at least 4 members (excludes halogenated alkanes) is 1. The SMILES string of the molecule is CCCCOc1ccc(C(=O)Nc2ccc(C#N)cc2C=O)cc1. The predicted molar refractivity (Wildman–Crippen MR) is 91.3 cm³/mol. The minimum atomic E-state index is -0.331. The molecule has 0 unspecified atom stereocenters. The highest BCUT2D eigenvalue weighted by atomic mass is 16.5. The van der Waals surface area contributed by atoms with E-state index in [9.17, 15) is 9.59 Å². The van der Waals surface area contributed by atoms with Crippen LogP contribution in [0.25, 0.3) is 0 Å². The zero-order valence-corrected chi connectivity index (χ0v) is 13.4. The van der Waals surface area contributed by atoms with Crippen molar-refractivity contribution in [1.29, 1.82) is 5.26 Å². The Morgan fingerprint density at radius 3 is 2.62 bits per heavy atom. The van der Waals surface area contributed by atoms with Crippen LogP contribution in [0.3, 0.4) is 0 Å². The summed E-state index contributed by atoms with van der Waals surface area (Å²) in [4.78, 5) is 23.4. The summed E-state index contributed by atoms with van der Waals surface area (Å²) in [6.07, 6.45) is 2.65. The molecule has 1 amide bonds. The van der Waals surface area contributed by atoms with Gasteiger partial charge in [-0.3, -0.25) is 9.59 Å². The zero-order chi connectivity index (χ0) is 17.4. The van der Waals surface area contributed by atoms with E-state index in [2.05, 4.69) is 12.2 Å². The van der Waals surface area contributed by atoms with E-state index < -0.39 is 0 Å². The number of anilines is 1. The van der Waals surface area contributed by atoms with Crippen molar-refractivity contribution in [3.05, 3.63) is 59.2 Å². The van der Waals surface area contributed by atoms with E-state index >= 15 is 0 Å². The Kier molecular flexibility index (Phi) is 6.09. The van der Waals surface area contributed by atoms with Crippen LogP contribution >= 0.6 is 0 Å². The van der Waals surface area contributed by atoms with Crippen LogP contribution in [0.2, 0.25) is 0 Å². The van der Waals surface area contributed by atoms with Crippen molar-refractivity contribution in [2.75, 3.05) is 11.9 Å². The molecule has 0 saturated heterocycles. The number of hydrogen-bond donors (Lipinski definition) is 1. The Balaban J connectivity index is 2.07. The molecule has 5 heteroatoms. The first-order chi connectivity index (χ1) is 11.7. The number of ether oxygens (including phenoxy) is 1. The molecule has 2 rings (SSSR count). The highest BCUT2D eigenvalue weighted by Gasteiger charge is 2.10. The zero-order valence-electron chi connectivity index (χ0n) is 13.4. The van der Waals surface area contributed by atoms with E-state index in [0.29, 0.717) is 35.5 Å². The van der Waals surface area contributed by atoms with Crippen molar-refractivity contribution in [3.63, 3.8) is 0 Å². The van der Waals surface area contributed by atoms with Gasteiger partial charge in [0.25, 0.3) is 5.91 Å². The first-order valence-corrected chi connectivity index (χ1v) is 7.71. The molecule has 122 valence electrons. The summed E-state index contributed by atoms with van der Waals surface area (Å²) in [7, 11) is 0. The molecule has 0 heterocycles. The van der Waals surface area contributed by atoms with Crippen molar-refractivity contribution < 1.29 is 14.3 Å². The van der Waals surface area contributed by atoms with Crippen LogP contribution in [-0.2, 0) is 0 Å². The fourth-order valence-corrected chi connectivity index (χ4v) is 2.07. The Bertz CT molecular complexity index is 761. The third-order valence-electron chi connectivity index (χ3n) is 3.44. The molecule has 0 aromatic heterocycles. The lowest BCUT2D eigenvalue weighted by Gasteiger charge is -2.09. The summed E-state index contributed by atoms with van der Waals surface area (Å²) in [6.45, 7) is 2.74. The number of nitriles is 1. The number of nitrogens with one attached hydrogen (secondary N) is 1. The van der Waals surface area contributed by atoms with Gasteiger partial charge in [0.15, 0.2) is 6.29 Å². The van der Waals surface area contributed by atoms with Gasteiger partial charge >= 0.3 is 0 Å². The number of rotatable bonds is 7. The molecular weight excluding hydrogens is 304 g/mol. The van der Waals surface area contributed by atoms with Gasteiger partial charge in [-0.1, -0.05) is 13.3 Å². The molecule has 0 fully saturated rings. The van der Waals surface area contributed by atoms with Crippen molar-refractivity contribution in [2.24, 2.45) is 0 Å². The van der Waals surface area contributed by atoms with Gasteiger partial charge < -0.3 is 10.1 Å². The van der Waals surface area contributed by atoms with Crippen molar-refractivity contribution in [3.8, 4) is 11.8 Å². The lowest BCUT2D eigenvalue weighted by molar-refractivity contribution is 0.102. The van der Waals surface area contributed by atoms with E-state index in [-0.39, 0.29) is 11.5 Å².